The molecule has 0 aromatic heterocycles. The number of rotatable bonds is 17. The molecule has 9 N–H and O–H groups in total. The Morgan fingerprint density at radius 1 is 0.911 bits per heavy atom. The predicted octanol–water partition coefficient (Wildman–Crippen LogP) is 1.17. The lowest BCUT2D eigenvalue weighted by Crippen LogP contribution is -2.59. The third-order valence-corrected chi connectivity index (χ3v) is 6.68. The van der Waals surface area contributed by atoms with Crippen LogP contribution in [-0.2, 0) is 25.7 Å². The number of aliphatic hydroxyl groups excluding tert-OH is 1. The minimum absolute atomic E-state index is 0.0110. The van der Waals surface area contributed by atoms with Gasteiger partial charge in [-0.25, -0.2) is 4.79 Å². The summed E-state index contributed by atoms with van der Waals surface area (Å²) in [6, 6.07) is 15.4. The third-order valence-electron chi connectivity index (χ3n) is 6.68. The second kappa shape index (κ2) is 19.4. The maximum atomic E-state index is 13.3. The first-order valence-electron chi connectivity index (χ1n) is 14.8. The Bertz CT molecular complexity index is 1280. The van der Waals surface area contributed by atoms with Gasteiger partial charge in [0.05, 0.1) is 6.10 Å². The average Bonchev–Trinajstić information content (AvgIpc) is 3.01. The number of aliphatic imine (C=N–C) groups is 1. The molecule has 4 amide bonds. The highest BCUT2D eigenvalue weighted by Crippen LogP contribution is 2.07. The fraction of sp³-hybridized carbons (Fsp3) is 0.406. The molecule has 0 spiro atoms. The lowest BCUT2D eigenvalue weighted by Gasteiger charge is -2.28. The number of carbonyl (C=O) groups is 4. The molecular formula is C32H45N7O6. The second-order valence-corrected chi connectivity index (χ2v) is 10.8. The van der Waals surface area contributed by atoms with Crippen LogP contribution >= 0.6 is 0 Å². The molecule has 0 aliphatic rings. The molecule has 0 heterocycles. The summed E-state index contributed by atoms with van der Waals surface area (Å²) in [5.74, 6) is -1.91. The summed E-state index contributed by atoms with van der Waals surface area (Å²) in [5, 5.41) is 21.1. The molecule has 4 atom stereocenters. The van der Waals surface area contributed by atoms with Gasteiger partial charge < -0.3 is 42.6 Å². The smallest absolute Gasteiger partial charge is 0.408 e. The van der Waals surface area contributed by atoms with Gasteiger partial charge >= 0.3 is 6.09 Å². The van der Waals surface area contributed by atoms with Crippen LogP contribution < -0.4 is 32.7 Å². The van der Waals surface area contributed by atoms with Crippen molar-refractivity contribution in [1.82, 2.24) is 21.3 Å². The van der Waals surface area contributed by atoms with Gasteiger partial charge in [-0.05, 0) is 42.9 Å². The molecule has 13 nitrogen and oxygen atoms in total. The van der Waals surface area contributed by atoms with Crippen LogP contribution in [0.15, 0.2) is 71.7 Å². The molecular weight excluding hydrogens is 578 g/mol. The Morgan fingerprint density at radius 2 is 1.56 bits per heavy atom. The summed E-state index contributed by atoms with van der Waals surface area (Å²) in [7, 11) is 0. The van der Waals surface area contributed by atoms with Crippen molar-refractivity contribution in [2.24, 2.45) is 22.4 Å². The van der Waals surface area contributed by atoms with E-state index in [4.69, 9.17) is 16.2 Å². The van der Waals surface area contributed by atoms with Crippen molar-refractivity contribution in [2.45, 2.75) is 64.4 Å². The number of nitrogens with one attached hydrogen (secondary N) is 4. The molecule has 45 heavy (non-hydrogen) atoms. The molecule has 0 saturated carbocycles. The van der Waals surface area contributed by atoms with Crippen LogP contribution in [0.2, 0.25) is 0 Å². The highest BCUT2D eigenvalue weighted by molar-refractivity contribution is 5.92. The zero-order chi connectivity index (χ0) is 33.2. The molecule has 2 rings (SSSR count). The van der Waals surface area contributed by atoms with E-state index in [-0.39, 0.29) is 43.9 Å². The number of benzene rings is 2. The van der Waals surface area contributed by atoms with Crippen LogP contribution in [0.25, 0.3) is 6.08 Å². The summed E-state index contributed by atoms with van der Waals surface area (Å²) in [5.41, 5.74) is 12.4. The standard InChI is InChI=1S/C32H45N7O6/c1-21(2)26(19-36-27(41)17-16-23-11-6-4-7-12-23)37-30(43)28(22(3)40)39-29(42)25(15-10-18-35-31(33)34)38-32(44)45-20-24-13-8-5-9-14-24/h4-9,11-14,16-17,21-22,25-26,28,40H,10,15,18-20H2,1-3H3,(H,36,41)(H,37,43)(H,38,44)(H,39,42)(H4,33,34,35)/t22?,25-,26+,28-/m0/s1. The molecule has 0 bridgehead atoms. The highest BCUT2D eigenvalue weighted by atomic mass is 16.5. The zero-order valence-corrected chi connectivity index (χ0v) is 25.9. The van der Waals surface area contributed by atoms with Crippen LogP contribution in [0.5, 0.6) is 0 Å². The second-order valence-electron chi connectivity index (χ2n) is 10.8. The van der Waals surface area contributed by atoms with Crippen LogP contribution in [0.3, 0.4) is 0 Å². The van der Waals surface area contributed by atoms with Crippen molar-refractivity contribution in [3.63, 3.8) is 0 Å². The normalized spacial score (nSPS) is 13.6. The Morgan fingerprint density at radius 3 is 2.16 bits per heavy atom. The first-order valence-corrected chi connectivity index (χ1v) is 14.8. The van der Waals surface area contributed by atoms with E-state index in [0.29, 0.717) is 6.42 Å². The third kappa shape index (κ3) is 14.4. The van der Waals surface area contributed by atoms with E-state index in [0.717, 1.165) is 11.1 Å². The van der Waals surface area contributed by atoms with Crippen molar-refractivity contribution in [3.05, 3.63) is 77.9 Å². The minimum atomic E-state index is -1.35. The summed E-state index contributed by atoms with van der Waals surface area (Å²) in [4.78, 5) is 55.4. The number of amides is 4. The van der Waals surface area contributed by atoms with E-state index in [1.165, 1.54) is 13.0 Å². The SMILES string of the molecule is CC(O)[C@H](NC(=O)[C@H](CCCN=C(N)N)NC(=O)OCc1ccccc1)C(=O)N[C@H](CNC(=O)C=Cc1ccccc1)C(C)C. The first kappa shape index (κ1) is 36.3. The number of nitrogens with zero attached hydrogens (tertiary/aromatic N) is 1. The number of nitrogens with two attached hydrogens (primary N) is 2. The van der Waals surface area contributed by atoms with E-state index >= 15 is 0 Å². The topological polar surface area (TPSA) is 210 Å². The molecule has 0 aliphatic heterocycles. The van der Waals surface area contributed by atoms with E-state index in [2.05, 4.69) is 26.3 Å². The summed E-state index contributed by atoms with van der Waals surface area (Å²) < 4.78 is 5.26. The monoisotopic (exact) mass is 623 g/mol. The molecule has 1 unspecified atom stereocenters. The van der Waals surface area contributed by atoms with Gasteiger partial charge in [0, 0.05) is 25.2 Å². The number of hydrogen-bond acceptors (Lipinski definition) is 7. The Balaban J connectivity index is 2.03. The van der Waals surface area contributed by atoms with Crippen molar-refractivity contribution in [1.29, 1.82) is 0 Å². The van der Waals surface area contributed by atoms with E-state index in [9.17, 15) is 24.3 Å². The number of carbonyl (C=O) groups excluding carboxylic acids is 4. The van der Waals surface area contributed by atoms with Crippen molar-refractivity contribution in [2.75, 3.05) is 13.1 Å². The predicted molar refractivity (Wildman–Crippen MR) is 172 cm³/mol. The van der Waals surface area contributed by atoms with Crippen LogP contribution in [-0.4, -0.2) is 72.2 Å². The van der Waals surface area contributed by atoms with Gasteiger partial charge in [0.25, 0.3) is 0 Å². The first-order chi connectivity index (χ1) is 21.5. The van der Waals surface area contributed by atoms with Gasteiger partial charge in [-0.2, -0.15) is 0 Å². The Labute approximate surface area is 263 Å². The van der Waals surface area contributed by atoms with Gasteiger partial charge in [-0.3, -0.25) is 19.4 Å². The molecule has 13 heteroatoms. The summed E-state index contributed by atoms with van der Waals surface area (Å²) >= 11 is 0. The van der Waals surface area contributed by atoms with Crippen molar-refractivity contribution in [3.8, 4) is 0 Å². The number of alkyl carbamates (subject to hydrolysis) is 1. The van der Waals surface area contributed by atoms with Gasteiger partial charge in [0.2, 0.25) is 17.7 Å². The van der Waals surface area contributed by atoms with Crippen LogP contribution in [0.4, 0.5) is 4.79 Å². The lowest BCUT2D eigenvalue weighted by atomic mass is 10.0. The highest BCUT2D eigenvalue weighted by Gasteiger charge is 2.31. The molecule has 0 fully saturated rings. The quantitative estimate of drug-likeness (QED) is 0.0587. The fourth-order valence-corrected chi connectivity index (χ4v) is 4.07. The number of aliphatic hydroxyl groups is 1. The Kier molecular flexibility index (Phi) is 15.6. The summed E-state index contributed by atoms with van der Waals surface area (Å²) in [6.45, 7) is 5.40. The van der Waals surface area contributed by atoms with Crippen LogP contribution in [0.1, 0.15) is 44.7 Å². The van der Waals surface area contributed by atoms with E-state index < -0.39 is 42.1 Å². The maximum absolute atomic E-state index is 13.3. The number of hydrogen-bond donors (Lipinski definition) is 7. The summed E-state index contributed by atoms with van der Waals surface area (Å²) in [6.07, 6.45) is 1.41. The van der Waals surface area contributed by atoms with E-state index in [1.54, 1.807) is 30.3 Å². The van der Waals surface area contributed by atoms with Gasteiger partial charge in [-0.15, -0.1) is 0 Å². The van der Waals surface area contributed by atoms with Crippen molar-refractivity contribution < 1.29 is 29.0 Å². The van der Waals surface area contributed by atoms with Crippen molar-refractivity contribution >= 4 is 35.9 Å². The van der Waals surface area contributed by atoms with Gasteiger partial charge in [0.1, 0.15) is 18.7 Å². The lowest BCUT2D eigenvalue weighted by molar-refractivity contribution is -0.133. The molecule has 0 saturated heterocycles. The Hall–Kier alpha value is -4.91. The molecule has 2 aromatic rings. The average molecular weight is 624 g/mol. The molecule has 0 radical (unpaired) electrons. The molecule has 0 aliphatic carbocycles. The number of guanidine groups is 1. The minimum Gasteiger partial charge on any atom is -0.445 e. The molecule has 244 valence electrons. The number of ether oxygens (including phenoxy) is 1. The maximum Gasteiger partial charge on any atom is 0.408 e. The largest absolute Gasteiger partial charge is 0.445 e. The van der Waals surface area contributed by atoms with Crippen LogP contribution in [0, 0.1) is 5.92 Å². The van der Waals surface area contributed by atoms with Gasteiger partial charge in [0.15, 0.2) is 5.96 Å². The fourth-order valence-electron chi connectivity index (χ4n) is 4.07. The van der Waals surface area contributed by atoms with E-state index in [1.807, 2.05) is 50.2 Å². The molecule has 2 aromatic carbocycles. The van der Waals surface area contributed by atoms with Gasteiger partial charge in [-0.1, -0.05) is 74.5 Å². The zero-order valence-electron chi connectivity index (χ0n) is 25.9.